The summed E-state index contributed by atoms with van der Waals surface area (Å²) in [7, 11) is 2.06. The number of nitriles is 1. The van der Waals surface area contributed by atoms with Gasteiger partial charge < -0.3 is 10.6 Å². The molecule has 0 saturated carbocycles. The Labute approximate surface area is 81.5 Å². The second kappa shape index (κ2) is 4.59. The molecule has 3 heteroatoms. The van der Waals surface area contributed by atoms with Crippen LogP contribution in [-0.4, -0.2) is 29.6 Å². The highest BCUT2D eigenvalue weighted by molar-refractivity contribution is 5.02. The largest absolute Gasteiger partial charge is 0.314 e. The van der Waals surface area contributed by atoms with E-state index in [1.807, 2.05) is 0 Å². The molecule has 2 N–H and O–H groups in total. The van der Waals surface area contributed by atoms with Crippen molar-refractivity contribution in [3.8, 4) is 6.07 Å². The first-order chi connectivity index (χ1) is 5.80. The summed E-state index contributed by atoms with van der Waals surface area (Å²) in [4.78, 5) is 2.22. The Bertz CT molecular complexity index is 191. The first-order valence-corrected chi connectivity index (χ1v) is 4.72. The minimum absolute atomic E-state index is 0.342. The van der Waals surface area contributed by atoms with E-state index in [9.17, 15) is 0 Å². The molecule has 0 spiro atoms. The van der Waals surface area contributed by atoms with E-state index in [0.717, 1.165) is 0 Å². The molecule has 0 aliphatic carbocycles. The molecule has 0 aromatic rings. The van der Waals surface area contributed by atoms with Crippen molar-refractivity contribution in [3.05, 3.63) is 0 Å². The maximum Gasteiger partial charge on any atom is 0.102 e. The van der Waals surface area contributed by atoms with Gasteiger partial charge in [0, 0.05) is 12.1 Å². The summed E-state index contributed by atoms with van der Waals surface area (Å²) in [5, 5.41) is 8.77. The lowest BCUT2D eigenvalue weighted by atomic mass is 9.95. The van der Waals surface area contributed by atoms with Crippen LogP contribution in [-0.2, 0) is 0 Å². The summed E-state index contributed by atoms with van der Waals surface area (Å²) in [6.45, 7) is 8.15. The van der Waals surface area contributed by atoms with Gasteiger partial charge >= 0.3 is 0 Å². The van der Waals surface area contributed by atoms with Gasteiger partial charge in [-0.25, -0.2) is 0 Å². The lowest BCUT2D eigenvalue weighted by Gasteiger charge is -2.31. The molecule has 0 radical (unpaired) electrons. The van der Waals surface area contributed by atoms with Crippen molar-refractivity contribution in [2.45, 2.75) is 51.7 Å². The summed E-state index contributed by atoms with van der Waals surface area (Å²) in [6, 6.07) is 2.95. The van der Waals surface area contributed by atoms with Crippen LogP contribution in [0.1, 0.15) is 34.1 Å². The topological polar surface area (TPSA) is 53.0 Å². The normalized spacial score (nSPS) is 18.4. The van der Waals surface area contributed by atoms with Gasteiger partial charge in [0.2, 0.25) is 0 Å². The van der Waals surface area contributed by atoms with Crippen LogP contribution in [0.5, 0.6) is 0 Å². The van der Waals surface area contributed by atoms with Gasteiger partial charge in [-0.1, -0.05) is 0 Å². The Hall–Kier alpha value is -0.590. The quantitative estimate of drug-likeness (QED) is 0.715. The molecule has 0 aromatic carbocycles. The molecule has 0 bridgehead atoms. The Morgan fingerprint density at radius 1 is 1.46 bits per heavy atom. The van der Waals surface area contributed by atoms with Gasteiger partial charge in [-0.05, 0) is 41.2 Å². The zero-order valence-electron chi connectivity index (χ0n) is 9.33. The summed E-state index contributed by atoms with van der Waals surface area (Å²) in [5.41, 5.74) is 5.06. The van der Waals surface area contributed by atoms with E-state index in [2.05, 4.69) is 38.8 Å². The Balaban J connectivity index is 4.16. The minimum atomic E-state index is -0.706. The molecule has 0 saturated heterocycles. The van der Waals surface area contributed by atoms with E-state index in [4.69, 9.17) is 11.0 Å². The maximum atomic E-state index is 8.77. The van der Waals surface area contributed by atoms with E-state index in [1.165, 1.54) is 0 Å². The molecule has 0 aromatic heterocycles. The highest BCUT2D eigenvalue weighted by Gasteiger charge is 2.23. The van der Waals surface area contributed by atoms with Crippen molar-refractivity contribution in [1.82, 2.24) is 4.90 Å². The zero-order chi connectivity index (χ0) is 10.6. The number of nitrogens with two attached hydrogens (primary N) is 1. The molecule has 0 aliphatic rings. The summed E-state index contributed by atoms with van der Waals surface area (Å²) in [6.07, 6.45) is 0.707. The fraction of sp³-hybridized carbons (Fsp3) is 0.900. The van der Waals surface area contributed by atoms with Crippen molar-refractivity contribution in [2.24, 2.45) is 5.73 Å². The van der Waals surface area contributed by atoms with Crippen LogP contribution < -0.4 is 5.73 Å². The molecular formula is C10H21N3. The van der Waals surface area contributed by atoms with Crippen LogP contribution in [0.25, 0.3) is 0 Å². The average molecular weight is 183 g/mol. The van der Waals surface area contributed by atoms with E-state index < -0.39 is 5.54 Å². The molecule has 2 unspecified atom stereocenters. The van der Waals surface area contributed by atoms with E-state index in [0.29, 0.717) is 18.5 Å². The van der Waals surface area contributed by atoms with Gasteiger partial charge in [0.15, 0.2) is 0 Å². The molecular weight excluding hydrogens is 162 g/mol. The molecule has 13 heavy (non-hydrogen) atoms. The number of hydrogen-bond acceptors (Lipinski definition) is 3. The number of rotatable bonds is 4. The van der Waals surface area contributed by atoms with Crippen molar-refractivity contribution in [2.75, 3.05) is 7.05 Å². The van der Waals surface area contributed by atoms with Gasteiger partial charge in [0.25, 0.3) is 0 Å². The van der Waals surface area contributed by atoms with E-state index in [1.54, 1.807) is 6.92 Å². The Morgan fingerprint density at radius 3 is 2.23 bits per heavy atom. The Morgan fingerprint density at radius 2 is 1.92 bits per heavy atom. The second-order valence-electron chi connectivity index (χ2n) is 4.34. The maximum absolute atomic E-state index is 8.77. The van der Waals surface area contributed by atoms with Gasteiger partial charge in [-0.15, -0.1) is 0 Å². The van der Waals surface area contributed by atoms with E-state index >= 15 is 0 Å². The zero-order valence-corrected chi connectivity index (χ0v) is 9.33. The second-order valence-corrected chi connectivity index (χ2v) is 4.34. The van der Waals surface area contributed by atoms with Gasteiger partial charge in [-0.3, -0.25) is 0 Å². The molecule has 0 amide bonds. The fourth-order valence-electron chi connectivity index (χ4n) is 1.31. The molecule has 3 nitrogen and oxygen atoms in total. The summed E-state index contributed by atoms with van der Waals surface area (Å²) < 4.78 is 0. The summed E-state index contributed by atoms with van der Waals surface area (Å²) >= 11 is 0. The third-order valence-corrected chi connectivity index (χ3v) is 2.48. The lowest BCUT2D eigenvalue weighted by molar-refractivity contribution is 0.184. The predicted molar refractivity (Wildman–Crippen MR) is 55.2 cm³/mol. The lowest BCUT2D eigenvalue weighted by Crippen LogP contribution is -2.44. The van der Waals surface area contributed by atoms with Crippen LogP contribution in [0.4, 0.5) is 0 Å². The first kappa shape index (κ1) is 12.4. The molecule has 0 aliphatic heterocycles. The van der Waals surface area contributed by atoms with Crippen molar-refractivity contribution in [3.63, 3.8) is 0 Å². The standard InChI is InChI=1S/C10H21N3/c1-8(2)13(5)9(3)6-10(4,12)7-11/h8-9H,6,12H2,1-5H3. The number of hydrogen-bond donors (Lipinski definition) is 1. The number of nitrogens with zero attached hydrogens (tertiary/aromatic N) is 2. The van der Waals surface area contributed by atoms with Crippen molar-refractivity contribution in [1.29, 1.82) is 5.26 Å². The third-order valence-electron chi connectivity index (χ3n) is 2.48. The van der Waals surface area contributed by atoms with Crippen LogP contribution in [0, 0.1) is 11.3 Å². The molecule has 0 fully saturated rings. The van der Waals surface area contributed by atoms with Crippen molar-refractivity contribution >= 4 is 0 Å². The van der Waals surface area contributed by atoms with Crippen LogP contribution in [0.2, 0.25) is 0 Å². The van der Waals surface area contributed by atoms with Gasteiger partial charge in [0.1, 0.15) is 5.54 Å². The monoisotopic (exact) mass is 183 g/mol. The van der Waals surface area contributed by atoms with Gasteiger partial charge in [0.05, 0.1) is 6.07 Å². The van der Waals surface area contributed by atoms with Crippen LogP contribution in [0.15, 0.2) is 0 Å². The minimum Gasteiger partial charge on any atom is -0.314 e. The van der Waals surface area contributed by atoms with Crippen LogP contribution in [0.3, 0.4) is 0 Å². The van der Waals surface area contributed by atoms with E-state index in [-0.39, 0.29) is 0 Å². The van der Waals surface area contributed by atoms with Gasteiger partial charge in [-0.2, -0.15) is 5.26 Å². The highest BCUT2D eigenvalue weighted by Crippen LogP contribution is 2.13. The molecule has 0 rings (SSSR count). The fourth-order valence-corrected chi connectivity index (χ4v) is 1.31. The van der Waals surface area contributed by atoms with Crippen LogP contribution >= 0.6 is 0 Å². The SMILES string of the molecule is CC(C)N(C)C(C)CC(C)(N)C#N. The highest BCUT2D eigenvalue weighted by atomic mass is 15.1. The van der Waals surface area contributed by atoms with Crippen molar-refractivity contribution < 1.29 is 0 Å². The molecule has 76 valence electrons. The smallest absolute Gasteiger partial charge is 0.102 e. The third kappa shape index (κ3) is 4.25. The average Bonchev–Trinajstić information content (AvgIpc) is 2.02. The molecule has 2 atom stereocenters. The predicted octanol–water partition coefficient (Wildman–Crippen LogP) is 1.35. The Kier molecular flexibility index (Phi) is 4.38. The summed E-state index contributed by atoms with van der Waals surface area (Å²) in [5.74, 6) is 0. The molecule has 0 heterocycles. The first-order valence-electron chi connectivity index (χ1n) is 4.72.